The molecule has 1 amide bonds. The second kappa shape index (κ2) is 8.55. The number of piperidine rings is 1. The van der Waals surface area contributed by atoms with Crippen LogP contribution in [0.1, 0.15) is 51.5 Å². The SMILES string of the molecule is CNC(=O)/C=C/c1cc(O)c(-c2cnc(N(C3CC3)[C@@H]3C[C@@]4(C)CC[C@](C)(N4)[C@@H]3F)cn2)cc1F. The Morgan fingerprint density at radius 2 is 2.03 bits per heavy atom. The maximum Gasteiger partial charge on any atom is 0.243 e. The van der Waals surface area contributed by atoms with Crippen molar-refractivity contribution in [1.29, 1.82) is 0 Å². The number of aromatic hydroxyl groups is 1. The first-order chi connectivity index (χ1) is 16.6. The van der Waals surface area contributed by atoms with Gasteiger partial charge in [-0.1, -0.05) is 0 Å². The van der Waals surface area contributed by atoms with Crippen molar-refractivity contribution < 1.29 is 18.7 Å². The van der Waals surface area contributed by atoms with Crippen molar-refractivity contribution in [3.8, 4) is 17.0 Å². The summed E-state index contributed by atoms with van der Waals surface area (Å²) in [6, 6.07) is 2.36. The average molecular weight is 484 g/mol. The Balaban J connectivity index is 1.42. The van der Waals surface area contributed by atoms with Crippen LogP contribution >= 0.6 is 0 Å². The van der Waals surface area contributed by atoms with Crippen molar-refractivity contribution in [2.75, 3.05) is 11.9 Å². The number of rotatable bonds is 6. The summed E-state index contributed by atoms with van der Waals surface area (Å²) in [6.07, 6.45) is 8.96. The minimum atomic E-state index is -1.03. The first-order valence-electron chi connectivity index (χ1n) is 12.1. The molecular weight excluding hydrogens is 452 g/mol. The van der Waals surface area contributed by atoms with Crippen LogP contribution in [0.2, 0.25) is 0 Å². The second-order valence-electron chi connectivity index (χ2n) is 10.5. The van der Waals surface area contributed by atoms with Gasteiger partial charge in [0.15, 0.2) is 0 Å². The lowest BCUT2D eigenvalue weighted by Crippen LogP contribution is -2.66. The number of fused-ring (bicyclic) bond motifs is 2. The third kappa shape index (κ3) is 4.37. The number of halogens is 2. The molecule has 35 heavy (non-hydrogen) atoms. The fourth-order valence-corrected chi connectivity index (χ4v) is 5.67. The third-order valence-corrected chi connectivity index (χ3v) is 7.64. The minimum absolute atomic E-state index is 0.0795. The smallest absolute Gasteiger partial charge is 0.243 e. The Kier molecular flexibility index (Phi) is 5.78. The highest BCUT2D eigenvalue weighted by atomic mass is 19.1. The summed E-state index contributed by atoms with van der Waals surface area (Å²) in [7, 11) is 1.47. The van der Waals surface area contributed by atoms with E-state index in [2.05, 4.69) is 32.4 Å². The standard InChI is InChI=1S/C26H31F2N5O2/c1-25-8-9-26(2,32-25)24(28)20(12-25)33(16-5-6-16)22-14-30-19(13-31-22)17-11-18(27)15(10-21(17)34)4-7-23(35)29-3/h4,7,10-11,13-14,16,20,24,32,34H,5-6,8-9,12H2,1-3H3,(H,29,35)/b7-4+/t20-,24-,25-,26+/m1/s1. The Morgan fingerprint density at radius 1 is 1.26 bits per heavy atom. The summed E-state index contributed by atoms with van der Waals surface area (Å²) in [5.41, 5.74) is -0.0606. The maximum absolute atomic E-state index is 15.8. The number of hydrogen-bond donors (Lipinski definition) is 3. The zero-order valence-corrected chi connectivity index (χ0v) is 20.2. The lowest BCUT2D eigenvalue weighted by Gasteiger charge is -2.48. The number of nitrogens with one attached hydrogen (secondary N) is 2. The Hall–Kier alpha value is -3.07. The zero-order valence-electron chi connectivity index (χ0n) is 20.2. The number of anilines is 1. The molecule has 2 saturated heterocycles. The monoisotopic (exact) mass is 483 g/mol. The number of nitrogens with zero attached hydrogens (tertiary/aromatic N) is 3. The summed E-state index contributed by atoms with van der Waals surface area (Å²) >= 11 is 0. The molecule has 3 heterocycles. The van der Waals surface area contributed by atoms with Gasteiger partial charge in [0.05, 0.1) is 24.1 Å². The molecule has 2 aromatic rings. The van der Waals surface area contributed by atoms with Gasteiger partial charge >= 0.3 is 0 Å². The molecule has 0 unspecified atom stereocenters. The van der Waals surface area contributed by atoms with E-state index in [9.17, 15) is 14.3 Å². The number of phenols is 1. The van der Waals surface area contributed by atoms with Gasteiger partial charge in [0, 0.05) is 41.4 Å². The van der Waals surface area contributed by atoms with E-state index in [1.165, 1.54) is 37.5 Å². The van der Waals surface area contributed by atoms with E-state index >= 15 is 4.39 Å². The minimum Gasteiger partial charge on any atom is -0.507 e. The number of phenolic OH excluding ortho intramolecular Hbond substituents is 1. The normalized spacial score (nSPS) is 30.0. The van der Waals surface area contributed by atoms with Crippen LogP contribution in [0.25, 0.3) is 17.3 Å². The number of likely N-dealkylation sites (N-methyl/N-ethyl adjacent to an activating group) is 1. The van der Waals surface area contributed by atoms with E-state index in [0.29, 0.717) is 17.9 Å². The molecule has 0 radical (unpaired) electrons. The molecule has 9 heteroatoms. The first kappa shape index (κ1) is 23.7. The summed E-state index contributed by atoms with van der Waals surface area (Å²) in [4.78, 5) is 22.5. The summed E-state index contributed by atoms with van der Waals surface area (Å²) in [5.74, 6) is -0.559. The van der Waals surface area contributed by atoms with E-state index in [-0.39, 0.29) is 40.4 Å². The first-order valence-corrected chi connectivity index (χ1v) is 12.1. The second-order valence-corrected chi connectivity index (χ2v) is 10.5. The van der Waals surface area contributed by atoms with Crippen LogP contribution in [-0.4, -0.2) is 57.4 Å². The van der Waals surface area contributed by atoms with Crippen molar-refractivity contribution in [2.24, 2.45) is 0 Å². The van der Waals surface area contributed by atoms with Crippen molar-refractivity contribution in [1.82, 2.24) is 20.6 Å². The molecule has 2 bridgehead atoms. The van der Waals surface area contributed by atoms with Gasteiger partial charge in [0.2, 0.25) is 5.91 Å². The predicted molar refractivity (Wildman–Crippen MR) is 130 cm³/mol. The molecule has 3 N–H and O–H groups in total. The number of alkyl halides is 1. The molecule has 1 aromatic heterocycles. The number of hydrogen-bond acceptors (Lipinski definition) is 6. The van der Waals surface area contributed by atoms with Gasteiger partial charge in [-0.05, 0) is 64.2 Å². The lowest BCUT2D eigenvalue weighted by atomic mass is 9.82. The van der Waals surface area contributed by atoms with Gasteiger partial charge in [-0.15, -0.1) is 0 Å². The number of carbonyl (C=O) groups excluding carboxylic acids is 1. The topological polar surface area (TPSA) is 90.4 Å². The fraction of sp³-hybridized carbons (Fsp3) is 0.500. The summed E-state index contributed by atoms with van der Waals surface area (Å²) in [5, 5.41) is 16.4. The Bertz CT molecular complexity index is 1170. The molecule has 186 valence electrons. The highest BCUT2D eigenvalue weighted by Crippen LogP contribution is 2.48. The molecule has 1 aliphatic carbocycles. The van der Waals surface area contributed by atoms with E-state index in [1.54, 1.807) is 6.20 Å². The molecule has 0 spiro atoms. The maximum atomic E-state index is 15.8. The van der Waals surface area contributed by atoms with E-state index in [1.807, 2.05) is 6.92 Å². The van der Waals surface area contributed by atoms with Crippen LogP contribution in [-0.2, 0) is 4.79 Å². The molecule has 7 nitrogen and oxygen atoms in total. The van der Waals surface area contributed by atoms with Crippen LogP contribution in [0.4, 0.5) is 14.6 Å². The van der Waals surface area contributed by atoms with Crippen molar-refractivity contribution in [2.45, 2.75) is 75.3 Å². The van der Waals surface area contributed by atoms with E-state index in [4.69, 9.17) is 0 Å². The average Bonchev–Trinajstić information content (AvgIpc) is 3.63. The Labute approximate surface area is 203 Å². The van der Waals surface area contributed by atoms with E-state index < -0.39 is 17.5 Å². The number of aromatic nitrogens is 2. The van der Waals surface area contributed by atoms with Gasteiger partial charge < -0.3 is 20.6 Å². The number of benzene rings is 1. The summed E-state index contributed by atoms with van der Waals surface area (Å²) < 4.78 is 30.4. The molecule has 3 aliphatic rings. The summed E-state index contributed by atoms with van der Waals surface area (Å²) in [6.45, 7) is 4.14. The van der Waals surface area contributed by atoms with Gasteiger partial charge in [-0.3, -0.25) is 9.78 Å². The molecule has 1 saturated carbocycles. The Morgan fingerprint density at radius 3 is 2.69 bits per heavy atom. The molecule has 2 aliphatic heterocycles. The highest BCUT2D eigenvalue weighted by Gasteiger charge is 2.58. The quantitative estimate of drug-likeness (QED) is 0.543. The number of amides is 1. The van der Waals surface area contributed by atoms with Gasteiger partial charge in [-0.2, -0.15) is 0 Å². The highest BCUT2D eigenvalue weighted by molar-refractivity contribution is 5.91. The lowest BCUT2D eigenvalue weighted by molar-refractivity contribution is -0.115. The predicted octanol–water partition coefficient (Wildman–Crippen LogP) is 3.73. The molecule has 1 aromatic carbocycles. The molecular formula is C26H31F2N5O2. The van der Waals surface area contributed by atoms with Crippen LogP contribution in [0.3, 0.4) is 0 Å². The number of carbonyl (C=O) groups is 1. The fourth-order valence-electron chi connectivity index (χ4n) is 5.67. The van der Waals surface area contributed by atoms with Crippen LogP contribution in [0, 0.1) is 5.82 Å². The third-order valence-electron chi connectivity index (χ3n) is 7.64. The van der Waals surface area contributed by atoms with Crippen LogP contribution < -0.4 is 15.5 Å². The van der Waals surface area contributed by atoms with Crippen molar-refractivity contribution >= 4 is 17.8 Å². The molecule has 4 atom stereocenters. The van der Waals surface area contributed by atoms with E-state index in [0.717, 1.165) is 25.7 Å². The van der Waals surface area contributed by atoms with Crippen LogP contribution in [0.15, 0.2) is 30.6 Å². The van der Waals surface area contributed by atoms with Crippen molar-refractivity contribution in [3.05, 3.63) is 42.0 Å². The van der Waals surface area contributed by atoms with Gasteiger partial charge in [0.1, 0.15) is 23.6 Å². The molecule has 5 rings (SSSR count). The van der Waals surface area contributed by atoms with Gasteiger partial charge in [0.25, 0.3) is 0 Å². The molecule has 3 fully saturated rings. The van der Waals surface area contributed by atoms with Crippen molar-refractivity contribution in [3.63, 3.8) is 0 Å². The largest absolute Gasteiger partial charge is 0.507 e. The van der Waals surface area contributed by atoms with Gasteiger partial charge in [-0.25, -0.2) is 13.8 Å². The van der Waals surface area contributed by atoms with Crippen LogP contribution in [0.5, 0.6) is 5.75 Å². The zero-order chi connectivity index (χ0) is 25.0.